The van der Waals surface area contributed by atoms with Gasteiger partial charge in [-0.3, -0.25) is 4.98 Å². The van der Waals surface area contributed by atoms with Gasteiger partial charge in [-0.15, -0.1) is 11.8 Å². The van der Waals surface area contributed by atoms with Crippen LogP contribution in [-0.2, 0) is 9.53 Å². The third-order valence-corrected chi connectivity index (χ3v) is 2.76. The Morgan fingerprint density at radius 3 is 3.00 bits per heavy atom. The van der Waals surface area contributed by atoms with Gasteiger partial charge in [-0.1, -0.05) is 0 Å². The molecule has 1 aromatic heterocycles. The van der Waals surface area contributed by atoms with Gasteiger partial charge in [0.25, 0.3) is 0 Å². The normalized spacial score (nSPS) is 12.3. The highest BCUT2D eigenvalue weighted by atomic mass is 32.2. The highest BCUT2D eigenvalue weighted by molar-refractivity contribution is 7.99. The van der Waals surface area contributed by atoms with Crippen molar-refractivity contribution in [3.05, 3.63) is 18.6 Å². The van der Waals surface area contributed by atoms with Crippen molar-refractivity contribution in [1.29, 1.82) is 0 Å². The fourth-order valence-corrected chi connectivity index (χ4v) is 1.92. The summed E-state index contributed by atoms with van der Waals surface area (Å²) in [6.07, 6.45) is 4.60. The molecule has 0 aliphatic heterocycles. The molecule has 0 aliphatic rings. The molecule has 88 valence electrons. The molecule has 0 aromatic carbocycles. The first-order valence-electron chi connectivity index (χ1n) is 4.97. The van der Waals surface area contributed by atoms with Gasteiger partial charge in [0.05, 0.1) is 6.20 Å². The number of thioether (sulfide) groups is 1. The molecule has 1 N–H and O–H groups in total. The molecule has 1 atom stereocenters. The molecular formula is C10H14N2O3S. The minimum Gasteiger partial charge on any atom is -0.479 e. The standard InChI is InChI=1S/C10H14N2O3S/c1-2-15-8(10(13)14)3-6-16-9-7-11-4-5-12-9/h4-5,7-8H,2-3,6H2,1H3,(H,13,14). The Labute approximate surface area is 98.3 Å². The Morgan fingerprint density at radius 2 is 2.44 bits per heavy atom. The second kappa shape index (κ2) is 7.19. The lowest BCUT2D eigenvalue weighted by atomic mass is 10.3. The van der Waals surface area contributed by atoms with E-state index < -0.39 is 12.1 Å². The van der Waals surface area contributed by atoms with Crippen LogP contribution in [0.2, 0.25) is 0 Å². The second-order valence-corrected chi connectivity index (χ2v) is 4.08. The minimum atomic E-state index is -0.915. The Kier molecular flexibility index (Phi) is 5.81. The molecule has 1 unspecified atom stereocenters. The van der Waals surface area contributed by atoms with Gasteiger partial charge in [0.1, 0.15) is 5.03 Å². The van der Waals surface area contributed by atoms with Crippen molar-refractivity contribution in [3.63, 3.8) is 0 Å². The smallest absolute Gasteiger partial charge is 0.332 e. The van der Waals surface area contributed by atoms with E-state index >= 15 is 0 Å². The lowest BCUT2D eigenvalue weighted by Gasteiger charge is -2.11. The number of carbonyl (C=O) groups is 1. The molecular weight excluding hydrogens is 228 g/mol. The molecule has 0 fully saturated rings. The third-order valence-electron chi connectivity index (χ3n) is 1.81. The van der Waals surface area contributed by atoms with Gasteiger partial charge in [-0.05, 0) is 13.3 Å². The molecule has 1 aromatic rings. The van der Waals surface area contributed by atoms with Gasteiger partial charge >= 0.3 is 5.97 Å². The summed E-state index contributed by atoms with van der Waals surface area (Å²) in [5, 5.41) is 9.63. The monoisotopic (exact) mass is 242 g/mol. The molecule has 16 heavy (non-hydrogen) atoms. The van der Waals surface area contributed by atoms with E-state index in [4.69, 9.17) is 9.84 Å². The molecule has 1 heterocycles. The van der Waals surface area contributed by atoms with E-state index in [1.165, 1.54) is 11.8 Å². The molecule has 0 bridgehead atoms. The van der Waals surface area contributed by atoms with Gasteiger partial charge < -0.3 is 9.84 Å². The van der Waals surface area contributed by atoms with Gasteiger partial charge in [0, 0.05) is 24.8 Å². The topological polar surface area (TPSA) is 72.3 Å². The summed E-state index contributed by atoms with van der Waals surface area (Å²) < 4.78 is 5.09. The van der Waals surface area contributed by atoms with E-state index in [9.17, 15) is 4.79 Å². The number of nitrogens with zero attached hydrogens (tertiary/aromatic N) is 2. The second-order valence-electron chi connectivity index (χ2n) is 2.96. The number of carboxylic acids is 1. The first-order valence-corrected chi connectivity index (χ1v) is 5.95. The van der Waals surface area contributed by atoms with Crippen LogP contribution in [0, 0.1) is 0 Å². The quantitative estimate of drug-likeness (QED) is 0.729. The summed E-state index contributed by atoms with van der Waals surface area (Å²) in [6, 6.07) is 0. The predicted octanol–water partition coefficient (Wildman–Crippen LogP) is 1.45. The van der Waals surface area contributed by atoms with E-state index in [0.717, 1.165) is 5.03 Å². The zero-order chi connectivity index (χ0) is 11.8. The summed E-state index contributed by atoms with van der Waals surface area (Å²) >= 11 is 1.48. The molecule has 0 aliphatic carbocycles. The molecule has 6 heteroatoms. The maximum Gasteiger partial charge on any atom is 0.332 e. The Hall–Kier alpha value is -1.14. The number of aliphatic carboxylic acids is 1. The van der Waals surface area contributed by atoms with Crippen LogP contribution in [0.1, 0.15) is 13.3 Å². The summed E-state index contributed by atoms with van der Waals surface area (Å²) in [5.74, 6) is -0.267. The Morgan fingerprint density at radius 1 is 1.62 bits per heavy atom. The van der Waals surface area contributed by atoms with Crippen LogP contribution < -0.4 is 0 Å². The molecule has 0 saturated heterocycles. The van der Waals surface area contributed by atoms with E-state index in [0.29, 0.717) is 18.8 Å². The maximum atomic E-state index is 10.8. The van der Waals surface area contributed by atoms with Crippen molar-refractivity contribution in [2.45, 2.75) is 24.5 Å². The summed E-state index contributed by atoms with van der Waals surface area (Å²) in [7, 11) is 0. The molecule has 0 radical (unpaired) electrons. The highest BCUT2D eigenvalue weighted by Crippen LogP contribution is 2.15. The molecule has 0 amide bonds. The maximum absolute atomic E-state index is 10.8. The van der Waals surface area contributed by atoms with Gasteiger partial charge in [-0.25, -0.2) is 9.78 Å². The van der Waals surface area contributed by atoms with Crippen molar-refractivity contribution in [2.24, 2.45) is 0 Å². The van der Waals surface area contributed by atoms with Crippen LogP contribution in [0.3, 0.4) is 0 Å². The fraction of sp³-hybridized carbons (Fsp3) is 0.500. The van der Waals surface area contributed by atoms with Crippen molar-refractivity contribution in [1.82, 2.24) is 9.97 Å². The van der Waals surface area contributed by atoms with Gasteiger partial charge in [-0.2, -0.15) is 0 Å². The summed E-state index contributed by atoms with van der Waals surface area (Å²) in [4.78, 5) is 18.8. The number of hydrogen-bond acceptors (Lipinski definition) is 5. The van der Waals surface area contributed by atoms with Crippen LogP contribution in [0.25, 0.3) is 0 Å². The van der Waals surface area contributed by atoms with Crippen molar-refractivity contribution < 1.29 is 14.6 Å². The molecule has 5 nitrogen and oxygen atoms in total. The van der Waals surface area contributed by atoms with Crippen LogP contribution in [-0.4, -0.2) is 39.5 Å². The molecule has 0 saturated carbocycles. The summed E-state index contributed by atoms with van der Waals surface area (Å²) in [5.41, 5.74) is 0. The average Bonchev–Trinajstić information content (AvgIpc) is 2.29. The van der Waals surface area contributed by atoms with Crippen LogP contribution in [0.15, 0.2) is 23.6 Å². The fourth-order valence-electron chi connectivity index (χ4n) is 1.11. The molecule has 1 rings (SSSR count). The predicted molar refractivity (Wildman–Crippen MR) is 60.4 cm³/mol. The number of rotatable bonds is 7. The zero-order valence-electron chi connectivity index (χ0n) is 9.00. The zero-order valence-corrected chi connectivity index (χ0v) is 9.81. The first-order chi connectivity index (χ1) is 7.74. The molecule has 0 spiro atoms. The largest absolute Gasteiger partial charge is 0.479 e. The van der Waals surface area contributed by atoms with Crippen LogP contribution in [0.4, 0.5) is 0 Å². The summed E-state index contributed by atoms with van der Waals surface area (Å²) in [6.45, 7) is 2.19. The Balaban J connectivity index is 2.31. The number of aromatic nitrogens is 2. The minimum absolute atomic E-state index is 0.409. The van der Waals surface area contributed by atoms with E-state index in [2.05, 4.69) is 9.97 Å². The van der Waals surface area contributed by atoms with E-state index in [1.54, 1.807) is 25.5 Å². The van der Waals surface area contributed by atoms with Crippen LogP contribution in [0.5, 0.6) is 0 Å². The van der Waals surface area contributed by atoms with Crippen molar-refractivity contribution in [3.8, 4) is 0 Å². The van der Waals surface area contributed by atoms with Gasteiger partial charge in [0.15, 0.2) is 6.10 Å². The number of ether oxygens (including phenoxy) is 1. The third kappa shape index (κ3) is 4.59. The first kappa shape index (κ1) is 12.9. The average molecular weight is 242 g/mol. The number of hydrogen-bond donors (Lipinski definition) is 1. The Bertz CT molecular complexity index is 321. The van der Waals surface area contributed by atoms with Crippen LogP contribution >= 0.6 is 11.8 Å². The van der Waals surface area contributed by atoms with E-state index in [1.807, 2.05) is 0 Å². The highest BCUT2D eigenvalue weighted by Gasteiger charge is 2.16. The van der Waals surface area contributed by atoms with Crippen molar-refractivity contribution >= 4 is 17.7 Å². The lowest BCUT2D eigenvalue weighted by molar-refractivity contribution is -0.150. The van der Waals surface area contributed by atoms with E-state index in [-0.39, 0.29) is 0 Å². The lowest BCUT2D eigenvalue weighted by Crippen LogP contribution is -2.24. The van der Waals surface area contributed by atoms with Crippen molar-refractivity contribution in [2.75, 3.05) is 12.4 Å². The SMILES string of the molecule is CCOC(CCSc1cnccn1)C(=O)O. The van der Waals surface area contributed by atoms with Gasteiger partial charge in [0.2, 0.25) is 0 Å². The number of carboxylic acid groups (broad SMARTS) is 1.